The first-order chi connectivity index (χ1) is 21.9. The first-order valence-electron chi connectivity index (χ1n) is 15.6. The number of aliphatic carboxylic acids is 1. The van der Waals surface area contributed by atoms with Gasteiger partial charge in [-0.1, -0.05) is 0 Å². The van der Waals surface area contributed by atoms with Gasteiger partial charge in [0.25, 0.3) is 0 Å². The third-order valence-corrected chi connectivity index (χ3v) is 5.60. The average Bonchev–Trinajstić information content (AvgIpc) is 3.00. The Morgan fingerprint density at radius 1 is 0.444 bits per heavy atom. The number of rotatable bonds is 37. The van der Waals surface area contributed by atoms with Gasteiger partial charge in [0, 0.05) is 38.8 Å². The van der Waals surface area contributed by atoms with E-state index >= 15 is 0 Å². The van der Waals surface area contributed by atoms with Gasteiger partial charge in [-0.2, -0.15) is 0 Å². The van der Waals surface area contributed by atoms with Crippen LogP contribution >= 0.6 is 0 Å². The summed E-state index contributed by atoms with van der Waals surface area (Å²) in [5.74, 6) is -0.789. The van der Waals surface area contributed by atoms with E-state index in [1.165, 1.54) is 6.92 Å². The minimum atomic E-state index is -0.891. The summed E-state index contributed by atoms with van der Waals surface area (Å²) in [7, 11) is 0. The highest BCUT2D eigenvalue weighted by Crippen LogP contribution is 1.97. The van der Waals surface area contributed by atoms with Crippen molar-refractivity contribution in [2.75, 3.05) is 125 Å². The molecule has 0 aromatic heterocycles. The van der Waals surface area contributed by atoms with Crippen LogP contribution in [0.4, 0.5) is 0 Å². The zero-order chi connectivity index (χ0) is 33.1. The van der Waals surface area contributed by atoms with Gasteiger partial charge in [0.05, 0.1) is 119 Å². The van der Waals surface area contributed by atoms with Crippen molar-refractivity contribution in [1.29, 1.82) is 0 Å². The predicted molar refractivity (Wildman–Crippen MR) is 161 cm³/mol. The van der Waals surface area contributed by atoms with E-state index in [9.17, 15) is 19.2 Å². The molecule has 0 bridgehead atoms. The maximum Gasteiger partial charge on any atom is 0.305 e. The number of nitrogens with one attached hydrogen (secondary N) is 1. The molecule has 0 saturated heterocycles. The zero-order valence-corrected chi connectivity index (χ0v) is 26.9. The number of carbonyl (C=O) groups is 4. The lowest BCUT2D eigenvalue weighted by Crippen LogP contribution is -2.28. The van der Waals surface area contributed by atoms with Gasteiger partial charge >= 0.3 is 5.97 Å². The quantitative estimate of drug-likeness (QED) is 0.0899. The maximum absolute atomic E-state index is 11.9. The Bertz CT molecular complexity index is 667. The van der Waals surface area contributed by atoms with Crippen molar-refractivity contribution in [3.63, 3.8) is 0 Å². The molecular formula is C30H55NO14. The van der Waals surface area contributed by atoms with E-state index in [2.05, 4.69) is 5.32 Å². The minimum Gasteiger partial charge on any atom is -0.481 e. The van der Waals surface area contributed by atoms with Gasteiger partial charge in [-0.3, -0.25) is 19.2 Å². The molecule has 0 aromatic carbocycles. The first-order valence-corrected chi connectivity index (χ1v) is 15.6. The van der Waals surface area contributed by atoms with Crippen LogP contribution in [0.3, 0.4) is 0 Å². The van der Waals surface area contributed by atoms with E-state index < -0.39 is 5.97 Å². The molecule has 1 amide bonds. The second-order valence-corrected chi connectivity index (χ2v) is 9.60. The van der Waals surface area contributed by atoms with Crippen LogP contribution in [0, 0.1) is 0 Å². The van der Waals surface area contributed by atoms with Crippen molar-refractivity contribution < 1.29 is 66.9 Å². The van der Waals surface area contributed by atoms with Gasteiger partial charge in [-0.05, 0) is 13.3 Å². The Kier molecular flexibility index (Phi) is 33.2. The molecule has 0 unspecified atom stereocenters. The number of carboxylic acid groups (broad SMARTS) is 1. The van der Waals surface area contributed by atoms with Gasteiger partial charge in [0.1, 0.15) is 11.6 Å². The van der Waals surface area contributed by atoms with Crippen molar-refractivity contribution in [1.82, 2.24) is 5.32 Å². The third kappa shape index (κ3) is 38.0. The van der Waals surface area contributed by atoms with Crippen molar-refractivity contribution in [2.45, 2.75) is 45.4 Å². The van der Waals surface area contributed by atoms with Crippen molar-refractivity contribution in [3.05, 3.63) is 0 Å². The van der Waals surface area contributed by atoms with E-state index in [0.29, 0.717) is 145 Å². The lowest BCUT2D eigenvalue weighted by molar-refractivity contribution is -0.138. The molecule has 0 fully saturated rings. The Labute approximate surface area is 266 Å². The fourth-order valence-corrected chi connectivity index (χ4v) is 3.20. The van der Waals surface area contributed by atoms with E-state index in [4.69, 9.17) is 47.7 Å². The van der Waals surface area contributed by atoms with E-state index in [-0.39, 0.29) is 36.9 Å². The number of ketones is 2. The molecule has 0 saturated carbocycles. The summed E-state index contributed by atoms with van der Waals surface area (Å²) in [6.07, 6.45) is 2.05. The summed E-state index contributed by atoms with van der Waals surface area (Å²) >= 11 is 0. The Balaban J connectivity index is 3.25. The van der Waals surface area contributed by atoms with Crippen LogP contribution in [0.2, 0.25) is 0 Å². The summed E-state index contributed by atoms with van der Waals surface area (Å²) in [5, 5.41) is 11.2. The number of carbonyl (C=O) groups excluding carboxylic acids is 3. The molecule has 0 atom stereocenters. The molecule has 0 aliphatic rings. The van der Waals surface area contributed by atoms with E-state index in [0.717, 1.165) is 0 Å². The van der Waals surface area contributed by atoms with Crippen LogP contribution in [0.15, 0.2) is 0 Å². The summed E-state index contributed by atoms with van der Waals surface area (Å²) in [6, 6.07) is 0. The molecule has 15 heteroatoms. The van der Waals surface area contributed by atoms with E-state index in [1.54, 1.807) is 0 Å². The minimum absolute atomic E-state index is 0.0217. The van der Waals surface area contributed by atoms with Gasteiger partial charge in [0.2, 0.25) is 5.91 Å². The Morgan fingerprint density at radius 3 is 1.29 bits per heavy atom. The molecule has 0 rings (SSSR count). The summed E-state index contributed by atoms with van der Waals surface area (Å²) in [6.45, 7) is 8.83. The lowest BCUT2D eigenvalue weighted by Gasteiger charge is -2.08. The fourth-order valence-electron chi connectivity index (χ4n) is 3.20. The third-order valence-electron chi connectivity index (χ3n) is 5.60. The molecule has 0 spiro atoms. The fraction of sp³-hybridized carbons (Fsp3) is 0.867. The van der Waals surface area contributed by atoms with Gasteiger partial charge in [-0.15, -0.1) is 0 Å². The average molecular weight is 654 g/mol. The summed E-state index contributed by atoms with van der Waals surface area (Å²) < 4.78 is 48.0. The molecule has 264 valence electrons. The molecule has 15 nitrogen and oxygen atoms in total. The van der Waals surface area contributed by atoms with Gasteiger partial charge in [-0.25, -0.2) is 0 Å². The highest BCUT2D eigenvalue weighted by molar-refractivity contribution is 5.78. The monoisotopic (exact) mass is 653 g/mol. The smallest absolute Gasteiger partial charge is 0.305 e. The molecule has 0 aromatic rings. The second kappa shape index (κ2) is 34.8. The van der Waals surface area contributed by atoms with Gasteiger partial charge in [0.15, 0.2) is 0 Å². The normalized spacial score (nSPS) is 11.1. The molecule has 2 N–H and O–H groups in total. The number of hydrogen-bond acceptors (Lipinski definition) is 13. The highest BCUT2D eigenvalue weighted by atomic mass is 16.6. The summed E-state index contributed by atoms with van der Waals surface area (Å²) in [5.41, 5.74) is 0. The number of Topliss-reactive ketones (excluding diaryl/α,β-unsaturated/α-hetero) is 2. The zero-order valence-electron chi connectivity index (χ0n) is 26.9. The van der Waals surface area contributed by atoms with Crippen LogP contribution in [-0.4, -0.2) is 154 Å². The number of carboxylic acids is 1. The molecule has 0 aliphatic carbocycles. The molecule has 0 heterocycles. The lowest BCUT2D eigenvalue weighted by atomic mass is 10.2. The number of hydrogen-bond donors (Lipinski definition) is 2. The van der Waals surface area contributed by atoms with Crippen molar-refractivity contribution >= 4 is 23.4 Å². The SMILES string of the molecule is CC(=O)CCOCCOCCOCCNC(=O)CCOCCOCCOCCC(=O)CCCOCCOCCOCCC(=O)O. The largest absolute Gasteiger partial charge is 0.481 e. The molecular weight excluding hydrogens is 598 g/mol. The van der Waals surface area contributed by atoms with Crippen LogP contribution in [0.1, 0.15) is 45.4 Å². The van der Waals surface area contributed by atoms with Crippen molar-refractivity contribution in [3.8, 4) is 0 Å². The van der Waals surface area contributed by atoms with Gasteiger partial charge < -0.3 is 53.1 Å². The number of amides is 1. The molecule has 0 aliphatic heterocycles. The van der Waals surface area contributed by atoms with Crippen LogP contribution in [-0.2, 0) is 61.8 Å². The maximum atomic E-state index is 11.9. The molecule has 0 radical (unpaired) electrons. The van der Waals surface area contributed by atoms with Crippen molar-refractivity contribution in [2.24, 2.45) is 0 Å². The highest BCUT2D eigenvalue weighted by Gasteiger charge is 2.04. The molecule has 45 heavy (non-hydrogen) atoms. The Morgan fingerprint density at radius 2 is 0.822 bits per heavy atom. The number of ether oxygens (including phenoxy) is 9. The van der Waals surface area contributed by atoms with Crippen LogP contribution < -0.4 is 5.32 Å². The van der Waals surface area contributed by atoms with Crippen LogP contribution in [0.25, 0.3) is 0 Å². The first kappa shape index (κ1) is 42.9. The second-order valence-electron chi connectivity index (χ2n) is 9.60. The topological polar surface area (TPSA) is 184 Å². The standard InChI is InChI=1S/C30H55NO14/c1-27(32)4-10-38-16-22-45-26-20-42-14-8-31-29(34)6-12-40-18-24-44-23-17-39-11-5-28(33)3-2-9-37-15-21-43-25-19-41-13-7-30(35)36/h2-26H2,1H3,(H,31,34)(H,35,36). The Hall–Kier alpha value is -2.08. The van der Waals surface area contributed by atoms with E-state index in [1.807, 2.05) is 0 Å². The van der Waals surface area contributed by atoms with Crippen LogP contribution in [0.5, 0.6) is 0 Å². The predicted octanol–water partition coefficient (Wildman–Crippen LogP) is 0.835. The summed E-state index contributed by atoms with van der Waals surface area (Å²) in [4.78, 5) is 44.8.